The first-order valence-electron chi connectivity index (χ1n) is 2.61. The first kappa shape index (κ1) is 3.84. The molecule has 0 radical (unpaired) electrons. The molecular weight excluding hydrogens is 95.1 g/mol. The fraction of sp³-hybridized carbons (Fsp3) is 1.00. The van der Waals surface area contributed by atoms with Gasteiger partial charge in [-0.05, 0) is 0 Å². The highest BCUT2D eigenvalue weighted by Gasteiger charge is 2.54. The van der Waals surface area contributed by atoms with Gasteiger partial charge in [-0.3, -0.25) is 0 Å². The molecule has 2 rings (SSSR count). The van der Waals surface area contributed by atoms with Gasteiger partial charge in [0.1, 0.15) is 6.17 Å². The van der Waals surface area contributed by atoms with E-state index in [-0.39, 0.29) is 0 Å². The van der Waals surface area contributed by atoms with E-state index < -0.39 is 6.17 Å². The Morgan fingerprint density at radius 1 is 1.29 bits per heavy atom. The summed E-state index contributed by atoms with van der Waals surface area (Å²) in [7, 11) is 0. The molecule has 2 unspecified atom stereocenters. The van der Waals surface area contributed by atoms with Gasteiger partial charge in [-0.2, -0.15) is 0 Å². The summed E-state index contributed by atoms with van der Waals surface area (Å²) in [6.07, 6.45) is -0.506. The van der Waals surface area contributed by atoms with E-state index in [4.69, 9.17) is 4.74 Å². The zero-order valence-corrected chi connectivity index (χ0v) is 3.93. The van der Waals surface area contributed by atoms with Crippen molar-refractivity contribution in [2.75, 3.05) is 13.2 Å². The van der Waals surface area contributed by atoms with Crippen LogP contribution < -0.4 is 0 Å². The van der Waals surface area contributed by atoms with Crippen molar-refractivity contribution in [3.63, 3.8) is 0 Å². The molecule has 40 valence electrons. The molecule has 1 nitrogen and oxygen atoms in total. The molecular formula is C5H7FO. The van der Waals surface area contributed by atoms with Crippen molar-refractivity contribution in [2.24, 2.45) is 11.8 Å². The fourth-order valence-electron chi connectivity index (χ4n) is 1.17. The number of halogens is 1. The Bertz CT molecular complexity index is 84.1. The van der Waals surface area contributed by atoms with E-state index in [1.165, 1.54) is 0 Å². The average molecular weight is 102 g/mol. The summed E-state index contributed by atoms with van der Waals surface area (Å²) in [6, 6.07) is 0. The van der Waals surface area contributed by atoms with Gasteiger partial charge in [0.2, 0.25) is 0 Å². The molecule has 2 heteroatoms. The van der Waals surface area contributed by atoms with Crippen molar-refractivity contribution in [1.29, 1.82) is 0 Å². The number of hydrogen-bond acceptors (Lipinski definition) is 1. The molecule has 1 aliphatic carbocycles. The van der Waals surface area contributed by atoms with Crippen LogP contribution in [-0.2, 0) is 4.74 Å². The molecule has 0 spiro atoms. The number of rotatable bonds is 0. The standard InChI is InChI=1S/C5H7FO/c6-5-3-1-7-2-4(3)5/h3-5H,1-2H2. The van der Waals surface area contributed by atoms with E-state index in [0.717, 1.165) is 0 Å². The maximum atomic E-state index is 12.1. The molecule has 0 aromatic rings. The number of fused-ring (bicyclic) bond motifs is 1. The van der Waals surface area contributed by atoms with E-state index in [1.54, 1.807) is 0 Å². The number of ether oxygens (including phenoxy) is 1. The van der Waals surface area contributed by atoms with Crippen molar-refractivity contribution in [3.05, 3.63) is 0 Å². The highest BCUT2D eigenvalue weighted by Crippen LogP contribution is 2.46. The van der Waals surface area contributed by atoms with E-state index in [9.17, 15) is 4.39 Å². The smallest absolute Gasteiger partial charge is 0.111 e. The Kier molecular flexibility index (Phi) is 0.546. The second-order valence-corrected chi connectivity index (χ2v) is 2.31. The minimum atomic E-state index is -0.506. The predicted octanol–water partition coefficient (Wildman–Crippen LogP) is 0.601. The second-order valence-electron chi connectivity index (χ2n) is 2.31. The highest BCUT2D eigenvalue weighted by atomic mass is 19.1. The lowest BCUT2D eigenvalue weighted by molar-refractivity contribution is 0.140. The maximum absolute atomic E-state index is 12.1. The third-order valence-corrected chi connectivity index (χ3v) is 1.85. The molecule has 0 N–H and O–H groups in total. The maximum Gasteiger partial charge on any atom is 0.111 e. The number of alkyl halides is 1. The minimum absolute atomic E-state index is 0.292. The lowest BCUT2D eigenvalue weighted by Gasteiger charge is -1.91. The Balaban J connectivity index is 2.06. The molecule has 2 fully saturated rings. The van der Waals surface area contributed by atoms with Gasteiger partial charge in [0.05, 0.1) is 13.2 Å². The molecule has 1 saturated heterocycles. The third-order valence-electron chi connectivity index (χ3n) is 1.85. The Morgan fingerprint density at radius 3 is 2.14 bits per heavy atom. The van der Waals surface area contributed by atoms with Crippen molar-refractivity contribution >= 4 is 0 Å². The van der Waals surface area contributed by atoms with Crippen LogP contribution in [-0.4, -0.2) is 19.4 Å². The van der Waals surface area contributed by atoms with Gasteiger partial charge in [-0.25, -0.2) is 4.39 Å². The summed E-state index contributed by atoms with van der Waals surface area (Å²) in [5, 5.41) is 0. The van der Waals surface area contributed by atoms with Crippen LogP contribution in [0.4, 0.5) is 4.39 Å². The van der Waals surface area contributed by atoms with Crippen LogP contribution in [0.1, 0.15) is 0 Å². The minimum Gasteiger partial charge on any atom is -0.381 e. The molecule has 0 amide bonds. The van der Waals surface area contributed by atoms with E-state index in [0.29, 0.717) is 25.0 Å². The quantitative estimate of drug-likeness (QED) is 0.435. The fourth-order valence-corrected chi connectivity index (χ4v) is 1.17. The largest absolute Gasteiger partial charge is 0.381 e. The van der Waals surface area contributed by atoms with Gasteiger partial charge in [-0.15, -0.1) is 0 Å². The molecule has 1 saturated carbocycles. The number of hydrogen-bond donors (Lipinski definition) is 0. The summed E-state index contributed by atoms with van der Waals surface area (Å²) >= 11 is 0. The first-order valence-corrected chi connectivity index (χ1v) is 2.61. The highest BCUT2D eigenvalue weighted by molar-refractivity contribution is 5.00. The van der Waals surface area contributed by atoms with Crippen LogP contribution in [0.3, 0.4) is 0 Å². The monoisotopic (exact) mass is 102 g/mol. The van der Waals surface area contributed by atoms with Gasteiger partial charge in [0.15, 0.2) is 0 Å². The Morgan fingerprint density at radius 2 is 1.86 bits per heavy atom. The van der Waals surface area contributed by atoms with Gasteiger partial charge < -0.3 is 4.74 Å². The molecule has 2 atom stereocenters. The van der Waals surface area contributed by atoms with Crippen molar-refractivity contribution in [3.8, 4) is 0 Å². The topological polar surface area (TPSA) is 9.23 Å². The van der Waals surface area contributed by atoms with Gasteiger partial charge >= 0.3 is 0 Å². The molecule has 2 aliphatic rings. The summed E-state index contributed by atoms with van der Waals surface area (Å²) in [6.45, 7) is 1.34. The normalized spacial score (nSPS) is 57.0. The first-order chi connectivity index (χ1) is 3.39. The van der Waals surface area contributed by atoms with Crippen molar-refractivity contribution < 1.29 is 9.13 Å². The second kappa shape index (κ2) is 0.996. The molecule has 1 aliphatic heterocycles. The van der Waals surface area contributed by atoms with E-state index >= 15 is 0 Å². The molecule has 0 aromatic heterocycles. The summed E-state index contributed by atoms with van der Waals surface area (Å²) in [4.78, 5) is 0. The lowest BCUT2D eigenvalue weighted by Crippen LogP contribution is -1.95. The third kappa shape index (κ3) is 0.353. The zero-order valence-electron chi connectivity index (χ0n) is 3.93. The van der Waals surface area contributed by atoms with Crippen LogP contribution in [0.25, 0.3) is 0 Å². The van der Waals surface area contributed by atoms with E-state index in [1.807, 2.05) is 0 Å². The zero-order chi connectivity index (χ0) is 4.85. The average Bonchev–Trinajstić information content (AvgIpc) is 2.26. The Hall–Kier alpha value is -0.110. The van der Waals surface area contributed by atoms with Crippen LogP contribution >= 0.6 is 0 Å². The summed E-state index contributed by atoms with van der Waals surface area (Å²) < 4.78 is 17.1. The predicted molar refractivity (Wildman–Crippen MR) is 22.7 cm³/mol. The molecule has 0 aromatic carbocycles. The molecule has 7 heavy (non-hydrogen) atoms. The van der Waals surface area contributed by atoms with Gasteiger partial charge in [-0.1, -0.05) is 0 Å². The van der Waals surface area contributed by atoms with Crippen molar-refractivity contribution in [1.82, 2.24) is 0 Å². The molecule has 1 heterocycles. The van der Waals surface area contributed by atoms with Gasteiger partial charge in [0, 0.05) is 11.8 Å². The lowest BCUT2D eigenvalue weighted by atomic mass is 10.4. The van der Waals surface area contributed by atoms with Crippen LogP contribution in [0, 0.1) is 11.8 Å². The van der Waals surface area contributed by atoms with E-state index in [2.05, 4.69) is 0 Å². The SMILES string of the molecule is FC1C2COCC12. The summed E-state index contributed by atoms with van der Waals surface area (Å²) in [5.74, 6) is 0.583. The van der Waals surface area contributed by atoms with Gasteiger partial charge in [0.25, 0.3) is 0 Å². The summed E-state index contributed by atoms with van der Waals surface area (Å²) in [5.41, 5.74) is 0. The van der Waals surface area contributed by atoms with Crippen LogP contribution in [0.5, 0.6) is 0 Å². The van der Waals surface area contributed by atoms with Crippen LogP contribution in [0.2, 0.25) is 0 Å². The van der Waals surface area contributed by atoms with Crippen molar-refractivity contribution in [2.45, 2.75) is 6.17 Å². The Labute approximate surface area is 41.5 Å². The molecule has 0 bridgehead atoms. The van der Waals surface area contributed by atoms with Crippen LogP contribution in [0.15, 0.2) is 0 Å².